The fourth-order valence-corrected chi connectivity index (χ4v) is 2.71. The number of ether oxygens (including phenoxy) is 1. The molecule has 21 heavy (non-hydrogen) atoms. The van der Waals surface area contributed by atoms with E-state index in [0.29, 0.717) is 5.56 Å². The van der Waals surface area contributed by atoms with Crippen molar-refractivity contribution >= 4 is 17.2 Å². The molecule has 106 valence electrons. The normalized spacial score (nSPS) is 10.8. The van der Waals surface area contributed by atoms with E-state index >= 15 is 0 Å². The fourth-order valence-electron chi connectivity index (χ4n) is 2.71. The summed E-state index contributed by atoms with van der Waals surface area (Å²) in [6.07, 6.45) is 0.912. The first-order valence-electron chi connectivity index (χ1n) is 6.87. The predicted octanol–water partition coefficient (Wildman–Crippen LogP) is 4.27. The minimum atomic E-state index is 0.678. The number of H-pyrrole nitrogens is 1. The molecule has 0 saturated carbocycles. The molecule has 1 N–H and O–H groups in total. The van der Waals surface area contributed by atoms with Crippen molar-refractivity contribution in [2.75, 3.05) is 7.11 Å². The van der Waals surface area contributed by atoms with Crippen LogP contribution in [0.4, 0.5) is 0 Å². The largest absolute Gasteiger partial charge is 0.496 e. The molecule has 1 aromatic heterocycles. The molecule has 0 aliphatic heterocycles. The maximum absolute atomic E-state index is 11.6. The Kier molecular flexibility index (Phi) is 3.26. The van der Waals surface area contributed by atoms with Gasteiger partial charge in [0.25, 0.3) is 0 Å². The number of carbonyl (C=O) groups is 1. The molecule has 0 atom stereocenters. The van der Waals surface area contributed by atoms with E-state index in [9.17, 15) is 4.79 Å². The molecule has 0 radical (unpaired) electrons. The van der Waals surface area contributed by atoms with Crippen LogP contribution >= 0.6 is 0 Å². The molecular weight excluding hydrogens is 262 g/mol. The van der Waals surface area contributed by atoms with Crippen LogP contribution < -0.4 is 4.74 Å². The molecule has 0 bridgehead atoms. The average Bonchev–Trinajstić information content (AvgIpc) is 2.90. The lowest BCUT2D eigenvalue weighted by atomic mass is 10.0. The maximum atomic E-state index is 11.6. The number of fused-ring (bicyclic) bond motifs is 1. The number of aromatic amines is 1. The van der Waals surface area contributed by atoms with Gasteiger partial charge in [-0.05, 0) is 37.1 Å². The number of aromatic nitrogens is 1. The molecule has 0 fully saturated rings. The SMILES string of the molecule is COc1ccccc1-c1[nH]c2c(C)c(C)ccc2c1C=O. The molecule has 1 heterocycles. The molecule has 0 aliphatic rings. The number of aryl methyl sites for hydroxylation is 2. The molecule has 0 amide bonds. The van der Waals surface area contributed by atoms with Crippen molar-refractivity contribution in [1.82, 2.24) is 4.98 Å². The molecule has 3 nitrogen and oxygen atoms in total. The van der Waals surface area contributed by atoms with Gasteiger partial charge in [0.05, 0.1) is 12.8 Å². The number of rotatable bonds is 3. The highest BCUT2D eigenvalue weighted by atomic mass is 16.5. The van der Waals surface area contributed by atoms with E-state index in [2.05, 4.69) is 18.8 Å². The first-order valence-corrected chi connectivity index (χ1v) is 6.87. The van der Waals surface area contributed by atoms with Crippen LogP contribution in [0.15, 0.2) is 36.4 Å². The van der Waals surface area contributed by atoms with Crippen molar-refractivity contribution in [1.29, 1.82) is 0 Å². The van der Waals surface area contributed by atoms with Gasteiger partial charge in [0.2, 0.25) is 0 Å². The lowest BCUT2D eigenvalue weighted by molar-refractivity contribution is 0.112. The van der Waals surface area contributed by atoms with Gasteiger partial charge in [0.1, 0.15) is 5.75 Å². The Morgan fingerprint density at radius 3 is 2.57 bits per heavy atom. The van der Waals surface area contributed by atoms with Crippen LogP contribution in [0, 0.1) is 13.8 Å². The highest BCUT2D eigenvalue weighted by Crippen LogP contribution is 2.36. The van der Waals surface area contributed by atoms with Crippen LogP contribution in [0.2, 0.25) is 0 Å². The Morgan fingerprint density at radius 2 is 1.86 bits per heavy atom. The van der Waals surface area contributed by atoms with Crippen LogP contribution in [0.3, 0.4) is 0 Å². The van der Waals surface area contributed by atoms with Gasteiger partial charge in [0.15, 0.2) is 6.29 Å². The Morgan fingerprint density at radius 1 is 1.10 bits per heavy atom. The average molecular weight is 279 g/mol. The zero-order valence-corrected chi connectivity index (χ0v) is 12.4. The first kappa shape index (κ1) is 13.4. The van der Waals surface area contributed by atoms with Crippen molar-refractivity contribution in [3.8, 4) is 17.0 Å². The summed E-state index contributed by atoms with van der Waals surface area (Å²) < 4.78 is 5.41. The third kappa shape index (κ3) is 2.02. The second kappa shape index (κ2) is 5.09. The zero-order chi connectivity index (χ0) is 15.0. The summed E-state index contributed by atoms with van der Waals surface area (Å²) >= 11 is 0. The minimum absolute atomic E-state index is 0.678. The summed E-state index contributed by atoms with van der Waals surface area (Å²) in [6.45, 7) is 4.13. The summed E-state index contributed by atoms with van der Waals surface area (Å²) in [6, 6.07) is 11.8. The number of para-hydroxylation sites is 1. The Bertz CT molecular complexity index is 831. The summed E-state index contributed by atoms with van der Waals surface area (Å²) in [5.74, 6) is 0.751. The second-order valence-corrected chi connectivity index (χ2v) is 5.16. The zero-order valence-electron chi connectivity index (χ0n) is 12.4. The smallest absolute Gasteiger partial charge is 0.152 e. The number of carbonyl (C=O) groups excluding carboxylic acids is 1. The van der Waals surface area contributed by atoms with E-state index in [1.165, 1.54) is 5.56 Å². The lowest BCUT2D eigenvalue weighted by Crippen LogP contribution is -1.90. The summed E-state index contributed by atoms with van der Waals surface area (Å²) in [5, 5.41) is 0.953. The first-order chi connectivity index (χ1) is 10.2. The molecule has 3 rings (SSSR count). The number of hydrogen-bond acceptors (Lipinski definition) is 2. The van der Waals surface area contributed by atoms with Crippen molar-refractivity contribution in [3.05, 3.63) is 53.1 Å². The van der Waals surface area contributed by atoms with E-state index in [1.54, 1.807) is 7.11 Å². The van der Waals surface area contributed by atoms with Crippen LogP contribution in [0.5, 0.6) is 5.75 Å². The van der Waals surface area contributed by atoms with Gasteiger partial charge in [-0.25, -0.2) is 0 Å². The van der Waals surface area contributed by atoms with Crippen molar-refractivity contribution in [2.45, 2.75) is 13.8 Å². The third-order valence-corrected chi connectivity index (χ3v) is 4.04. The quantitative estimate of drug-likeness (QED) is 0.727. The standard InChI is InChI=1S/C18H17NO2/c1-11-8-9-13-15(10-20)18(19-17(13)12(11)2)14-6-4-5-7-16(14)21-3/h4-10,19H,1-3H3. The van der Waals surface area contributed by atoms with Gasteiger partial charge >= 0.3 is 0 Å². The van der Waals surface area contributed by atoms with Crippen LogP contribution in [-0.2, 0) is 0 Å². The van der Waals surface area contributed by atoms with Crippen LogP contribution in [0.25, 0.3) is 22.2 Å². The fraction of sp³-hybridized carbons (Fsp3) is 0.167. The summed E-state index contributed by atoms with van der Waals surface area (Å²) in [5.41, 5.74) is 5.77. The van der Waals surface area contributed by atoms with Crippen molar-refractivity contribution in [2.24, 2.45) is 0 Å². The van der Waals surface area contributed by atoms with Crippen LogP contribution in [0.1, 0.15) is 21.5 Å². The Labute approximate surface area is 123 Å². The monoisotopic (exact) mass is 279 g/mol. The van der Waals surface area contributed by atoms with E-state index in [4.69, 9.17) is 4.74 Å². The number of aldehydes is 1. The molecule has 0 saturated heterocycles. The van der Waals surface area contributed by atoms with Gasteiger partial charge in [-0.3, -0.25) is 4.79 Å². The van der Waals surface area contributed by atoms with Crippen LogP contribution in [-0.4, -0.2) is 18.4 Å². The highest BCUT2D eigenvalue weighted by Gasteiger charge is 2.17. The van der Waals surface area contributed by atoms with Gasteiger partial charge < -0.3 is 9.72 Å². The second-order valence-electron chi connectivity index (χ2n) is 5.16. The van der Waals surface area contributed by atoms with Gasteiger partial charge in [0, 0.05) is 22.0 Å². The predicted molar refractivity (Wildman–Crippen MR) is 85.1 cm³/mol. The topological polar surface area (TPSA) is 42.1 Å². The molecule has 0 aliphatic carbocycles. The molecule has 3 heteroatoms. The van der Waals surface area contributed by atoms with E-state index in [0.717, 1.165) is 39.8 Å². The molecule has 3 aromatic rings. The van der Waals surface area contributed by atoms with E-state index in [1.807, 2.05) is 36.4 Å². The third-order valence-electron chi connectivity index (χ3n) is 4.04. The van der Waals surface area contributed by atoms with E-state index < -0.39 is 0 Å². The van der Waals surface area contributed by atoms with Gasteiger partial charge in [-0.1, -0.05) is 24.3 Å². The minimum Gasteiger partial charge on any atom is -0.496 e. The Hall–Kier alpha value is -2.55. The number of hydrogen-bond donors (Lipinski definition) is 1. The summed E-state index contributed by atoms with van der Waals surface area (Å²) in [7, 11) is 1.64. The molecule has 0 unspecified atom stereocenters. The molecule has 2 aromatic carbocycles. The number of nitrogens with one attached hydrogen (secondary N) is 1. The van der Waals surface area contributed by atoms with Crippen molar-refractivity contribution in [3.63, 3.8) is 0 Å². The maximum Gasteiger partial charge on any atom is 0.152 e. The van der Waals surface area contributed by atoms with E-state index in [-0.39, 0.29) is 0 Å². The van der Waals surface area contributed by atoms with Gasteiger partial charge in [-0.15, -0.1) is 0 Å². The Balaban J connectivity index is 2.38. The lowest BCUT2D eigenvalue weighted by Gasteiger charge is -2.07. The highest BCUT2D eigenvalue weighted by molar-refractivity contribution is 6.06. The van der Waals surface area contributed by atoms with Crippen molar-refractivity contribution < 1.29 is 9.53 Å². The number of methoxy groups -OCH3 is 1. The summed E-state index contributed by atoms with van der Waals surface area (Å²) in [4.78, 5) is 15.0. The molecule has 0 spiro atoms. The van der Waals surface area contributed by atoms with Gasteiger partial charge in [-0.2, -0.15) is 0 Å². The number of benzene rings is 2. The molecular formula is C18H17NO2.